The number of carboxylic acids is 1. The maximum atomic E-state index is 12.4. The third-order valence-electron chi connectivity index (χ3n) is 4.00. The van der Waals surface area contributed by atoms with Crippen molar-refractivity contribution in [3.63, 3.8) is 0 Å². The summed E-state index contributed by atoms with van der Waals surface area (Å²) in [4.78, 5) is 23.2. The lowest BCUT2D eigenvalue weighted by Crippen LogP contribution is -2.15. The lowest BCUT2D eigenvalue weighted by molar-refractivity contribution is -0.136. The van der Waals surface area contributed by atoms with E-state index in [0.29, 0.717) is 16.8 Å². The van der Waals surface area contributed by atoms with Gasteiger partial charge in [-0.3, -0.25) is 9.59 Å². The van der Waals surface area contributed by atoms with Crippen molar-refractivity contribution in [3.8, 4) is 5.75 Å². The highest BCUT2D eigenvalue weighted by Crippen LogP contribution is 2.26. The molecule has 0 aliphatic carbocycles. The Bertz CT molecular complexity index is 1010. The van der Waals surface area contributed by atoms with E-state index in [4.69, 9.17) is 9.63 Å². The molecule has 0 saturated heterocycles. The Morgan fingerprint density at radius 2 is 1.92 bits per heavy atom. The van der Waals surface area contributed by atoms with Crippen molar-refractivity contribution < 1.29 is 24.3 Å². The number of aliphatic carboxylic acids is 1. The Morgan fingerprint density at radius 1 is 1.15 bits per heavy atom. The van der Waals surface area contributed by atoms with E-state index in [9.17, 15) is 14.7 Å². The van der Waals surface area contributed by atoms with Gasteiger partial charge in [0.05, 0.1) is 18.5 Å². The van der Waals surface area contributed by atoms with Gasteiger partial charge in [-0.1, -0.05) is 17.3 Å². The summed E-state index contributed by atoms with van der Waals surface area (Å²) in [5.41, 5.74) is 3.77. The normalized spacial score (nSPS) is 10.8. The van der Waals surface area contributed by atoms with Gasteiger partial charge in [0.1, 0.15) is 11.4 Å². The SMILES string of the molecule is Cc1cc(C)c2onc(CC(=O)Nc3cc(CC(=O)O)ccc3O)c2c1. The molecule has 0 fully saturated rings. The quantitative estimate of drug-likeness (QED) is 0.607. The molecule has 3 rings (SSSR count). The van der Waals surface area contributed by atoms with Crippen LogP contribution in [0.15, 0.2) is 34.9 Å². The highest BCUT2D eigenvalue weighted by Gasteiger charge is 2.16. The number of nitrogens with one attached hydrogen (secondary N) is 1. The Labute approximate surface area is 149 Å². The van der Waals surface area contributed by atoms with Crippen LogP contribution in [0.2, 0.25) is 0 Å². The minimum Gasteiger partial charge on any atom is -0.506 e. The first-order valence-electron chi connectivity index (χ1n) is 8.02. The molecule has 0 atom stereocenters. The molecule has 3 N–H and O–H groups in total. The minimum absolute atomic E-state index is 0.0293. The number of nitrogens with zero attached hydrogens (tertiary/aromatic N) is 1. The number of fused-ring (bicyclic) bond motifs is 1. The van der Waals surface area contributed by atoms with Crippen LogP contribution < -0.4 is 5.32 Å². The van der Waals surface area contributed by atoms with Gasteiger partial charge in [-0.15, -0.1) is 0 Å². The molecule has 0 aliphatic rings. The molecule has 134 valence electrons. The van der Waals surface area contributed by atoms with Crippen LogP contribution in [0.4, 0.5) is 5.69 Å². The van der Waals surface area contributed by atoms with Gasteiger partial charge >= 0.3 is 5.97 Å². The monoisotopic (exact) mass is 354 g/mol. The first-order chi connectivity index (χ1) is 12.3. The van der Waals surface area contributed by atoms with E-state index in [-0.39, 0.29) is 30.2 Å². The van der Waals surface area contributed by atoms with Gasteiger partial charge in [0.25, 0.3) is 0 Å². The highest BCUT2D eigenvalue weighted by molar-refractivity contribution is 5.96. The number of benzene rings is 2. The third kappa shape index (κ3) is 3.66. The molecule has 26 heavy (non-hydrogen) atoms. The van der Waals surface area contributed by atoms with Crippen LogP contribution in [-0.2, 0) is 22.4 Å². The predicted octanol–water partition coefficient (Wildman–Crippen LogP) is 2.96. The zero-order chi connectivity index (χ0) is 18.8. The van der Waals surface area contributed by atoms with Crippen molar-refractivity contribution in [1.29, 1.82) is 0 Å². The Kier molecular flexibility index (Phi) is 4.62. The van der Waals surface area contributed by atoms with Crippen molar-refractivity contribution in [2.24, 2.45) is 0 Å². The van der Waals surface area contributed by atoms with E-state index in [0.717, 1.165) is 16.5 Å². The number of hydrogen-bond acceptors (Lipinski definition) is 5. The Morgan fingerprint density at radius 3 is 2.65 bits per heavy atom. The van der Waals surface area contributed by atoms with E-state index >= 15 is 0 Å². The van der Waals surface area contributed by atoms with Gasteiger partial charge in [0.2, 0.25) is 5.91 Å². The van der Waals surface area contributed by atoms with E-state index < -0.39 is 5.97 Å². The maximum Gasteiger partial charge on any atom is 0.307 e. The van der Waals surface area contributed by atoms with Crippen LogP contribution in [0.5, 0.6) is 5.75 Å². The second-order valence-electron chi connectivity index (χ2n) is 6.23. The summed E-state index contributed by atoms with van der Waals surface area (Å²) < 4.78 is 5.33. The summed E-state index contributed by atoms with van der Waals surface area (Å²) >= 11 is 0. The summed E-state index contributed by atoms with van der Waals surface area (Å²) in [6, 6.07) is 8.17. The molecule has 0 saturated carbocycles. The van der Waals surface area contributed by atoms with E-state index in [2.05, 4.69) is 10.5 Å². The third-order valence-corrected chi connectivity index (χ3v) is 4.00. The molecular formula is C19H18N2O5. The number of phenols is 1. The predicted molar refractivity (Wildman–Crippen MR) is 95.3 cm³/mol. The number of amides is 1. The van der Waals surface area contributed by atoms with Gasteiger partial charge in [-0.05, 0) is 48.7 Å². The van der Waals surface area contributed by atoms with Crippen molar-refractivity contribution >= 4 is 28.5 Å². The average molecular weight is 354 g/mol. The summed E-state index contributed by atoms with van der Waals surface area (Å²) in [5.74, 6) is -1.51. The van der Waals surface area contributed by atoms with Crippen molar-refractivity contribution in [3.05, 3.63) is 52.7 Å². The standard InChI is InChI=1S/C19H18N2O5/c1-10-5-11(2)19-13(6-10)14(21-26-19)9-17(23)20-15-7-12(8-18(24)25)3-4-16(15)22/h3-7,22H,8-9H2,1-2H3,(H,20,23)(H,24,25). The molecule has 0 unspecified atom stereocenters. The molecule has 3 aromatic rings. The van der Waals surface area contributed by atoms with E-state index in [1.165, 1.54) is 18.2 Å². The molecular weight excluding hydrogens is 336 g/mol. The molecule has 1 amide bonds. The van der Waals surface area contributed by atoms with E-state index in [1.807, 2.05) is 26.0 Å². The van der Waals surface area contributed by atoms with Crippen LogP contribution in [-0.4, -0.2) is 27.2 Å². The molecule has 0 radical (unpaired) electrons. The molecule has 0 bridgehead atoms. The van der Waals surface area contributed by atoms with Crippen LogP contribution >= 0.6 is 0 Å². The maximum absolute atomic E-state index is 12.4. The lowest BCUT2D eigenvalue weighted by Gasteiger charge is -2.08. The number of aryl methyl sites for hydroxylation is 2. The summed E-state index contributed by atoms with van der Waals surface area (Å²) in [6.45, 7) is 3.87. The molecule has 7 heteroatoms. The first-order valence-corrected chi connectivity index (χ1v) is 8.02. The van der Waals surface area contributed by atoms with Crippen molar-refractivity contribution in [2.45, 2.75) is 26.7 Å². The first kappa shape index (κ1) is 17.5. The summed E-state index contributed by atoms with van der Waals surface area (Å²) in [5, 5.41) is 26.1. The summed E-state index contributed by atoms with van der Waals surface area (Å²) in [6.07, 6.45) is -0.228. The lowest BCUT2D eigenvalue weighted by atomic mass is 10.1. The largest absolute Gasteiger partial charge is 0.506 e. The van der Waals surface area contributed by atoms with Gasteiger partial charge in [-0.25, -0.2) is 0 Å². The van der Waals surface area contributed by atoms with Crippen molar-refractivity contribution in [1.82, 2.24) is 5.16 Å². The number of hydrogen-bond donors (Lipinski definition) is 3. The van der Waals surface area contributed by atoms with E-state index in [1.54, 1.807) is 0 Å². The summed E-state index contributed by atoms with van der Waals surface area (Å²) in [7, 11) is 0. The molecule has 1 aromatic heterocycles. The van der Waals surface area contributed by atoms with Gasteiger partial charge in [-0.2, -0.15) is 0 Å². The van der Waals surface area contributed by atoms with Crippen LogP contribution in [0.25, 0.3) is 11.0 Å². The molecule has 2 aromatic carbocycles. The fourth-order valence-corrected chi connectivity index (χ4v) is 2.88. The average Bonchev–Trinajstić information content (AvgIpc) is 2.93. The molecule has 0 spiro atoms. The molecule has 7 nitrogen and oxygen atoms in total. The highest BCUT2D eigenvalue weighted by atomic mass is 16.5. The molecule has 0 aliphatic heterocycles. The number of carboxylic acid groups (broad SMARTS) is 1. The number of carbonyl (C=O) groups is 2. The number of aromatic nitrogens is 1. The topological polar surface area (TPSA) is 113 Å². The van der Waals surface area contributed by atoms with Gasteiger partial charge < -0.3 is 20.1 Å². The number of aromatic hydroxyl groups is 1. The zero-order valence-electron chi connectivity index (χ0n) is 14.4. The van der Waals surface area contributed by atoms with Crippen LogP contribution in [0, 0.1) is 13.8 Å². The fourth-order valence-electron chi connectivity index (χ4n) is 2.88. The number of carbonyl (C=O) groups excluding carboxylic acids is 1. The number of anilines is 1. The fraction of sp³-hybridized carbons (Fsp3) is 0.211. The number of phenolic OH excluding ortho intramolecular Hbond substituents is 1. The number of rotatable bonds is 5. The Hall–Kier alpha value is -3.35. The second-order valence-corrected chi connectivity index (χ2v) is 6.23. The second kappa shape index (κ2) is 6.87. The zero-order valence-corrected chi connectivity index (χ0v) is 14.4. The van der Waals surface area contributed by atoms with Crippen molar-refractivity contribution in [2.75, 3.05) is 5.32 Å². The van der Waals surface area contributed by atoms with Crippen LogP contribution in [0.1, 0.15) is 22.4 Å². The van der Waals surface area contributed by atoms with Crippen LogP contribution in [0.3, 0.4) is 0 Å². The molecule has 1 heterocycles. The Balaban J connectivity index is 1.80. The smallest absolute Gasteiger partial charge is 0.307 e. The van der Waals surface area contributed by atoms with Gasteiger partial charge in [0.15, 0.2) is 5.58 Å². The van der Waals surface area contributed by atoms with Gasteiger partial charge in [0, 0.05) is 5.39 Å². The minimum atomic E-state index is -0.993.